The number of sulfonamides is 1. The average Bonchev–Trinajstić information content (AvgIpc) is 2.74. The Bertz CT molecular complexity index is 1330. The summed E-state index contributed by atoms with van der Waals surface area (Å²) >= 11 is 0. The number of methoxy groups -OCH3 is 1. The van der Waals surface area contributed by atoms with Crippen LogP contribution in [-0.2, 0) is 20.1 Å². The van der Waals surface area contributed by atoms with Crippen LogP contribution in [0.15, 0.2) is 81.6 Å². The maximum absolute atomic E-state index is 12.6. The van der Waals surface area contributed by atoms with Gasteiger partial charge in [-0.1, -0.05) is 35.4 Å². The first kappa shape index (κ1) is 23.3. The number of aryl methyl sites for hydroxylation is 2. The van der Waals surface area contributed by atoms with Crippen LogP contribution in [0.1, 0.15) is 16.7 Å². The predicted octanol–water partition coefficient (Wildman–Crippen LogP) is 3.39. The Morgan fingerprint density at radius 2 is 1.34 bits per heavy atom. The predicted molar refractivity (Wildman–Crippen MR) is 121 cm³/mol. The Morgan fingerprint density at radius 1 is 0.781 bits per heavy atom. The van der Waals surface area contributed by atoms with Gasteiger partial charge in [-0.25, -0.2) is 4.83 Å². The van der Waals surface area contributed by atoms with Crippen LogP contribution in [-0.4, -0.2) is 30.2 Å². The highest BCUT2D eigenvalue weighted by molar-refractivity contribution is 7.89. The molecule has 3 aromatic carbocycles. The van der Waals surface area contributed by atoms with Crippen LogP contribution in [0.25, 0.3) is 0 Å². The minimum absolute atomic E-state index is 0.00455. The highest BCUT2D eigenvalue weighted by atomic mass is 32.2. The fourth-order valence-electron chi connectivity index (χ4n) is 2.65. The molecule has 1 N–H and O–H groups in total. The van der Waals surface area contributed by atoms with Crippen LogP contribution >= 0.6 is 0 Å². The van der Waals surface area contributed by atoms with Gasteiger partial charge in [0.05, 0.1) is 18.2 Å². The third-order valence-corrected chi connectivity index (χ3v) is 6.90. The molecular weight excluding hydrogens is 452 g/mol. The van der Waals surface area contributed by atoms with E-state index in [0.29, 0.717) is 5.56 Å². The number of hydrogen-bond donors (Lipinski definition) is 1. The molecule has 0 aliphatic heterocycles. The van der Waals surface area contributed by atoms with Crippen molar-refractivity contribution < 1.29 is 25.8 Å². The zero-order valence-corrected chi connectivity index (χ0v) is 19.3. The van der Waals surface area contributed by atoms with Gasteiger partial charge in [0.1, 0.15) is 4.90 Å². The topological polar surface area (TPSA) is 111 Å². The second-order valence-electron chi connectivity index (χ2n) is 6.93. The van der Waals surface area contributed by atoms with E-state index in [2.05, 4.69) is 9.93 Å². The number of nitrogens with zero attached hydrogens (tertiary/aromatic N) is 1. The average molecular weight is 475 g/mol. The molecule has 0 radical (unpaired) electrons. The minimum Gasteiger partial charge on any atom is -0.493 e. The summed E-state index contributed by atoms with van der Waals surface area (Å²) in [7, 11) is -6.56. The van der Waals surface area contributed by atoms with Gasteiger partial charge in [-0.3, -0.25) is 0 Å². The van der Waals surface area contributed by atoms with E-state index in [1.165, 1.54) is 49.7 Å². The molecule has 0 fully saturated rings. The van der Waals surface area contributed by atoms with Crippen LogP contribution < -0.4 is 13.8 Å². The number of rotatable bonds is 8. The smallest absolute Gasteiger partial charge is 0.339 e. The van der Waals surface area contributed by atoms with E-state index in [1.807, 2.05) is 13.8 Å². The molecule has 0 unspecified atom stereocenters. The van der Waals surface area contributed by atoms with Crippen LogP contribution in [0.2, 0.25) is 0 Å². The molecule has 0 aliphatic rings. The largest absolute Gasteiger partial charge is 0.493 e. The molecular formula is C22H22N2O6S2. The Labute approximate surface area is 187 Å². The Morgan fingerprint density at radius 3 is 1.91 bits per heavy atom. The number of hydrazone groups is 1. The van der Waals surface area contributed by atoms with Crippen LogP contribution in [0.4, 0.5) is 0 Å². The molecule has 0 amide bonds. The van der Waals surface area contributed by atoms with Gasteiger partial charge in [0, 0.05) is 0 Å². The first-order valence-corrected chi connectivity index (χ1v) is 12.3. The zero-order valence-electron chi connectivity index (χ0n) is 17.6. The van der Waals surface area contributed by atoms with Crippen LogP contribution in [0.5, 0.6) is 11.5 Å². The van der Waals surface area contributed by atoms with Crippen molar-refractivity contribution >= 4 is 26.4 Å². The lowest BCUT2D eigenvalue weighted by molar-refractivity contribution is 0.390. The van der Waals surface area contributed by atoms with E-state index in [-0.39, 0.29) is 21.3 Å². The molecule has 0 aliphatic carbocycles. The quantitative estimate of drug-likeness (QED) is 0.304. The first-order valence-electron chi connectivity index (χ1n) is 9.41. The Hall–Kier alpha value is -3.37. The summed E-state index contributed by atoms with van der Waals surface area (Å²) in [6, 6.07) is 17.0. The third-order valence-electron chi connectivity index (χ3n) is 4.41. The first-order chi connectivity index (χ1) is 15.1. The number of hydrogen-bond acceptors (Lipinski definition) is 7. The molecule has 10 heteroatoms. The Balaban J connectivity index is 1.81. The van der Waals surface area contributed by atoms with Crippen molar-refractivity contribution in [3.05, 3.63) is 83.4 Å². The monoisotopic (exact) mass is 474 g/mol. The molecule has 0 bridgehead atoms. The standard InChI is InChI=1S/C22H22N2O6S2/c1-16-4-9-19(10-5-16)31(25,26)24-23-15-18-8-13-21(29-3)22(14-18)30-32(27,28)20-11-6-17(2)7-12-20/h4-15,24H,1-3H3/b23-15-. The van der Waals surface area contributed by atoms with Gasteiger partial charge in [-0.15, -0.1) is 0 Å². The molecule has 3 rings (SSSR count). The van der Waals surface area contributed by atoms with E-state index < -0.39 is 20.1 Å². The molecule has 168 valence electrons. The second-order valence-corrected chi connectivity index (χ2v) is 10.1. The minimum atomic E-state index is -4.10. The molecule has 0 saturated heterocycles. The van der Waals surface area contributed by atoms with Crippen molar-refractivity contribution in [2.75, 3.05) is 7.11 Å². The number of benzene rings is 3. The molecule has 0 atom stereocenters. The highest BCUT2D eigenvalue weighted by Crippen LogP contribution is 2.30. The van der Waals surface area contributed by atoms with Gasteiger partial charge >= 0.3 is 10.1 Å². The van der Waals surface area contributed by atoms with E-state index in [1.54, 1.807) is 30.3 Å². The van der Waals surface area contributed by atoms with Gasteiger partial charge < -0.3 is 8.92 Å². The van der Waals surface area contributed by atoms with E-state index >= 15 is 0 Å². The van der Waals surface area contributed by atoms with Crippen molar-refractivity contribution in [2.24, 2.45) is 5.10 Å². The summed E-state index contributed by atoms with van der Waals surface area (Å²) in [5.41, 5.74) is 2.23. The molecule has 32 heavy (non-hydrogen) atoms. The van der Waals surface area contributed by atoms with E-state index in [0.717, 1.165) is 11.1 Å². The van der Waals surface area contributed by atoms with Gasteiger partial charge in [0.2, 0.25) is 0 Å². The summed E-state index contributed by atoms with van der Waals surface area (Å²) in [5.74, 6) is 0.136. The lowest BCUT2D eigenvalue weighted by Gasteiger charge is -2.11. The van der Waals surface area contributed by atoms with Gasteiger partial charge in [-0.2, -0.15) is 21.9 Å². The fourth-order valence-corrected chi connectivity index (χ4v) is 4.37. The van der Waals surface area contributed by atoms with Crippen molar-refractivity contribution in [1.82, 2.24) is 4.83 Å². The summed E-state index contributed by atoms with van der Waals surface area (Å²) in [4.78, 5) is 2.19. The summed E-state index contributed by atoms with van der Waals surface area (Å²) in [6.45, 7) is 3.69. The van der Waals surface area contributed by atoms with Crippen LogP contribution in [0.3, 0.4) is 0 Å². The molecule has 0 saturated carbocycles. The van der Waals surface area contributed by atoms with Gasteiger partial charge in [0.15, 0.2) is 11.5 Å². The second kappa shape index (κ2) is 9.41. The molecule has 3 aromatic rings. The van der Waals surface area contributed by atoms with Crippen molar-refractivity contribution in [2.45, 2.75) is 23.6 Å². The number of nitrogens with one attached hydrogen (secondary N) is 1. The van der Waals surface area contributed by atoms with Gasteiger partial charge in [-0.05, 0) is 61.9 Å². The SMILES string of the molecule is COc1ccc(/C=N\NS(=O)(=O)c2ccc(C)cc2)cc1OS(=O)(=O)c1ccc(C)cc1. The van der Waals surface area contributed by atoms with Crippen LogP contribution in [0, 0.1) is 13.8 Å². The maximum Gasteiger partial charge on any atom is 0.339 e. The van der Waals surface area contributed by atoms with E-state index in [4.69, 9.17) is 8.92 Å². The third kappa shape index (κ3) is 5.65. The van der Waals surface area contributed by atoms with Crippen molar-refractivity contribution in [1.29, 1.82) is 0 Å². The summed E-state index contributed by atoms with van der Waals surface area (Å²) in [5, 5.41) is 3.76. The normalized spacial score (nSPS) is 12.0. The fraction of sp³-hybridized carbons (Fsp3) is 0.136. The lowest BCUT2D eigenvalue weighted by Crippen LogP contribution is -2.18. The van der Waals surface area contributed by atoms with Gasteiger partial charge in [0.25, 0.3) is 10.0 Å². The maximum atomic E-state index is 12.6. The summed E-state index contributed by atoms with van der Waals surface area (Å²) in [6.07, 6.45) is 1.23. The molecule has 0 aromatic heterocycles. The molecule has 0 heterocycles. The summed E-state index contributed by atoms with van der Waals surface area (Å²) < 4.78 is 60.3. The molecule has 0 spiro atoms. The Kier molecular flexibility index (Phi) is 6.85. The van der Waals surface area contributed by atoms with Crippen molar-refractivity contribution in [3.8, 4) is 11.5 Å². The van der Waals surface area contributed by atoms with E-state index in [9.17, 15) is 16.8 Å². The zero-order chi connectivity index (χ0) is 23.4. The number of ether oxygens (including phenoxy) is 1. The van der Waals surface area contributed by atoms with Crippen molar-refractivity contribution in [3.63, 3.8) is 0 Å². The molecule has 8 nitrogen and oxygen atoms in total. The highest BCUT2D eigenvalue weighted by Gasteiger charge is 2.19. The lowest BCUT2D eigenvalue weighted by atomic mass is 10.2.